The van der Waals surface area contributed by atoms with E-state index in [1.807, 2.05) is 42.7 Å². The van der Waals surface area contributed by atoms with Crippen molar-refractivity contribution >= 4 is 23.1 Å². The maximum absolute atomic E-state index is 12.6. The van der Waals surface area contributed by atoms with Gasteiger partial charge < -0.3 is 5.32 Å². The van der Waals surface area contributed by atoms with Gasteiger partial charge in [-0.05, 0) is 30.7 Å². The number of hydroxylamine groups is 1. The number of anilines is 1. The highest BCUT2D eigenvalue weighted by molar-refractivity contribution is 6.05. The number of pyridine rings is 1. The molecule has 0 aliphatic heterocycles. The Labute approximate surface area is 138 Å². The summed E-state index contributed by atoms with van der Waals surface area (Å²) in [4.78, 5) is 20.8. The van der Waals surface area contributed by atoms with E-state index in [0.717, 1.165) is 5.56 Å². The Balaban J connectivity index is 1.93. The maximum atomic E-state index is 12.6. The lowest BCUT2D eigenvalue weighted by molar-refractivity contribution is 0.102. The average molecular weight is 323 g/mol. The van der Waals surface area contributed by atoms with Gasteiger partial charge in [-0.1, -0.05) is 18.2 Å². The number of nitrogens with zero attached hydrogens (tertiary/aromatic N) is 3. The monoisotopic (exact) mass is 323 g/mol. The summed E-state index contributed by atoms with van der Waals surface area (Å²) in [6, 6.07) is 11.0. The lowest BCUT2D eigenvalue weighted by Crippen LogP contribution is -2.21. The number of benzene rings is 1. The molecule has 2 heterocycles. The summed E-state index contributed by atoms with van der Waals surface area (Å²) >= 11 is 0. The van der Waals surface area contributed by atoms with Crippen LogP contribution in [0.5, 0.6) is 0 Å². The number of hydrogen-bond donors (Lipinski definition) is 3. The molecular weight excluding hydrogens is 306 g/mol. The Hall–Kier alpha value is -3.19. The standard InChI is InChI=1S/C17H17N5O2/c1-11-6-7-12(16(18-2)21-24)9-13(11)20-17(23)14-10-19-15-5-3-4-8-22(14)15/h3-10,24H,1-2H3,(H,18,21)(H,20,23). The highest BCUT2D eigenvalue weighted by atomic mass is 16.5. The second kappa shape index (κ2) is 6.51. The first-order valence-corrected chi connectivity index (χ1v) is 7.35. The van der Waals surface area contributed by atoms with E-state index in [1.165, 1.54) is 6.20 Å². The molecule has 7 heteroatoms. The van der Waals surface area contributed by atoms with Crippen LogP contribution >= 0.6 is 0 Å². The van der Waals surface area contributed by atoms with E-state index in [1.54, 1.807) is 23.7 Å². The second-order valence-electron chi connectivity index (χ2n) is 5.24. The molecule has 0 saturated carbocycles. The Bertz CT molecular complexity index is 930. The second-order valence-corrected chi connectivity index (χ2v) is 5.24. The van der Waals surface area contributed by atoms with Gasteiger partial charge in [0.1, 0.15) is 11.3 Å². The zero-order valence-electron chi connectivity index (χ0n) is 13.3. The van der Waals surface area contributed by atoms with E-state index >= 15 is 0 Å². The molecule has 0 atom stereocenters. The predicted molar refractivity (Wildman–Crippen MR) is 91.7 cm³/mol. The van der Waals surface area contributed by atoms with Crippen LogP contribution in [-0.2, 0) is 0 Å². The van der Waals surface area contributed by atoms with E-state index in [-0.39, 0.29) is 5.91 Å². The van der Waals surface area contributed by atoms with Crippen molar-refractivity contribution in [2.24, 2.45) is 4.99 Å². The number of imidazole rings is 1. The number of nitrogens with one attached hydrogen (secondary N) is 2. The number of aliphatic imine (C=N–C) groups is 1. The fourth-order valence-corrected chi connectivity index (χ4v) is 2.43. The molecule has 0 radical (unpaired) electrons. The number of rotatable bonds is 3. The third-order valence-corrected chi connectivity index (χ3v) is 3.74. The van der Waals surface area contributed by atoms with Gasteiger partial charge in [0.2, 0.25) is 0 Å². The van der Waals surface area contributed by atoms with Gasteiger partial charge in [-0.15, -0.1) is 0 Å². The number of amides is 1. The summed E-state index contributed by atoms with van der Waals surface area (Å²) in [7, 11) is 1.56. The van der Waals surface area contributed by atoms with Gasteiger partial charge in [-0.2, -0.15) is 0 Å². The SMILES string of the molecule is CN=C(NO)c1ccc(C)c(NC(=O)c2cnc3ccccn23)c1. The van der Waals surface area contributed by atoms with Gasteiger partial charge in [0.25, 0.3) is 5.91 Å². The third-order valence-electron chi connectivity index (χ3n) is 3.74. The van der Waals surface area contributed by atoms with Crippen LogP contribution in [0.3, 0.4) is 0 Å². The van der Waals surface area contributed by atoms with Crippen molar-refractivity contribution in [3.63, 3.8) is 0 Å². The Morgan fingerprint density at radius 2 is 2.12 bits per heavy atom. The number of hydrogen-bond acceptors (Lipinski definition) is 4. The van der Waals surface area contributed by atoms with Crippen LogP contribution in [0.1, 0.15) is 21.6 Å². The molecular formula is C17H17N5O2. The molecule has 2 aromatic heterocycles. The molecule has 0 fully saturated rings. The van der Waals surface area contributed by atoms with Crippen molar-refractivity contribution < 1.29 is 10.0 Å². The first-order valence-electron chi connectivity index (χ1n) is 7.35. The highest BCUT2D eigenvalue weighted by Gasteiger charge is 2.14. The number of carbonyl (C=O) groups excluding carboxylic acids is 1. The largest absolute Gasteiger partial charge is 0.320 e. The molecule has 3 aromatic rings. The molecule has 0 bridgehead atoms. The first-order chi connectivity index (χ1) is 11.6. The summed E-state index contributed by atoms with van der Waals surface area (Å²) in [5, 5.41) is 12.0. The molecule has 122 valence electrons. The Morgan fingerprint density at radius 1 is 1.29 bits per heavy atom. The number of aromatic nitrogens is 2. The minimum Gasteiger partial charge on any atom is -0.320 e. The van der Waals surface area contributed by atoms with Crippen molar-refractivity contribution in [1.82, 2.24) is 14.9 Å². The molecule has 1 amide bonds. The van der Waals surface area contributed by atoms with Crippen molar-refractivity contribution in [2.75, 3.05) is 12.4 Å². The van der Waals surface area contributed by atoms with Gasteiger partial charge in [0.15, 0.2) is 5.84 Å². The van der Waals surface area contributed by atoms with Crippen molar-refractivity contribution in [1.29, 1.82) is 0 Å². The van der Waals surface area contributed by atoms with Crippen molar-refractivity contribution in [2.45, 2.75) is 6.92 Å². The molecule has 0 spiro atoms. The van der Waals surface area contributed by atoms with E-state index in [0.29, 0.717) is 28.4 Å². The topological polar surface area (TPSA) is 91.0 Å². The number of aryl methyl sites for hydroxylation is 1. The van der Waals surface area contributed by atoms with Crippen LogP contribution in [0.4, 0.5) is 5.69 Å². The Morgan fingerprint density at radius 3 is 2.88 bits per heavy atom. The first kappa shape index (κ1) is 15.7. The van der Waals surface area contributed by atoms with E-state index in [2.05, 4.69) is 15.3 Å². The zero-order chi connectivity index (χ0) is 17.1. The summed E-state index contributed by atoms with van der Waals surface area (Å²) in [5.41, 5.74) is 5.40. The van der Waals surface area contributed by atoms with E-state index < -0.39 is 0 Å². The van der Waals surface area contributed by atoms with Crippen LogP contribution in [0.15, 0.2) is 53.8 Å². The van der Waals surface area contributed by atoms with Gasteiger partial charge in [0.05, 0.1) is 6.20 Å². The quantitative estimate of drug-likeness (QED) is 0.392. The lowest BCUT2D eigenvalue weighted by Gasteiger charge is -2.11. The van der Waals surface area contributed by atoms with Crippen LogP contribution in [-0.4, -0.2) is 33.4 Å². The van der Waals surface area contributed by atoms with Crippen LogP contribution in [0.25, 0.3) is 5.65 Å². The fourth-order valence-electron chi connectivity index (χ4n) is 2.43. The average Bonchev–Trinajstić information content (AvgIpc) is 3.03. The smallest absolute Gasteiger partial charge is 0.274 e. The molecule has 0 unspecified atom stereocenters. The Kier molecular flexibility index (Phi) is 4.26. The van der Waals surface area contributed by atoms with E-state index in [4.69, 9.17) is 5.21 Å². The molecule has 0 aliphatic rings. The summed E-state index contributed by atoms with van der Waals surface area (Å²) < 4.78 is 1.72. The summed E-state index contributed by atoms with van der Waals surface area (Å²) in [6.07, 6.45) is 3.33. The molecule has 7 nitrogen and oxygen atoms in total. The normalized spacial score (nSPS) is 11.5. The van der Waals surface area contributed by atoms with Gasteiger partial charge in [-0.25, -0.2) is 4.98 Å². The van der Waals surface area contributed by atoms with Crippen LogP contribution in [0, 0.1) is 6.92 Å². The number of fused-ring (bicyclic) bond motifs is 1. The fraction of sp³-hybridized carbons (Fsp3) is 0.118. The van der Waals surface area contributed by atoms with Gasteiger partial charge >= 0.3 is 0 Å². The third kappa shape index (κ3) is 2.84. The van der Waals surface area contributed by atoms with Crippen LogP contribution < -0.4 is 10.8 Å². The van der Waals surface area contributed by atoms with Crippen LogP contribution in [0.2, 0.25) is 0 Å². The zero-order valence-corrected chi connectivity index (χ0v) is 13.3. The molecule has 0 aliphatic carbocycles. The van der Waals surface area contributed by atoms with Crippen molar-refractivity contribution in [3.8, 4) is 0 Å². The lowest BCUT2D eigenvalue weighted by atomic mass is 10.1. The van der Waals surface area contributed by atoms with Gasteiger partial charge in [0, 0.05) is 24.5 Å². The van der Waals surface area contributed by atoms with Crippen molar-refractivity contribution in [3.05, 3.63) is 65.6 Å². The molecule has 24 heavy (non-hydrogen) atoms. The molecule has 1 aromatic carbocycles. The molecule has 3 N–H and O–H groups in total. The number of carbonyl (C=O) groups is 1. The number of amidine groups is 1. The predicted octanol–water partition coefficient (Wildman–Crippen LogP) is 2.25. The maximum Gasteiger partial charge on any atom is 0.274 e. The van der Waals surface area contributed by atoms with E-state index in [9.17, 15) is 4.79 Å². The minimum absolute atomic E-state index is 0.263. The molecule has 3 rings (SSSR count). The minimum atomic E-state index is -0.263. The summed E-state index contributed by atoms with van der Waals surface area (Å²) in [5.74, 6) is 0.0567. The molecule has 0 saturated heterocycles. The van der Waals surface area contributed by atoms with Gasteiger partial charge in [-0.3, -0.25) is 24.9 Å². The highest BCUT2D eigenvalue weighted by Crippen LogP contribution is 2.18. The summed E-state index contributed by atoms with van der Waals surface area (Å²) in [6.45, 7) is 1.89.